The fraction of sp³-hybridized carbons (Fsp3) is 0.600. The standard InChI is InChI=1S/C15H22N2O3/c1-12-5-7-15(18,8-6-12)11-16-10-13-3-2-4-14(9-13)17(19)20/h2-4,9,12,16,18H,5-8,10-11H2,1H3. The summed E-state index contributed by atoms with van der Waals surface area (Å²) in [4.78, 5) is 10.3. The molecule has 0 amide bonds. The molecule has 1 fully saturated rings. The van der Waals surface area contributed by atoms with E-state index in [1.807, 2.05) is 6.07 Å². The van der Waals surface area contributed by atoms with Gasteiger partial charge in [0.25, 0.3) is 5.69 Å². The first-order valence-corrected chi connectivity index (χ1v) is 7.15. The van der Waals surface area contributed by atoms with Crippen LogP contribution < -0.4 is 5.32 Å². The van der Waals surface area contributed by atoms with Gasteiger partial charge in [-0.15, -0.1) is 0 Å². The highest BCUT2D eigenvalue weighted by Crippen LogP contribution is 2.31. The van der Waals surface area contributed by atoms with Crippen molar-refractivity contribution in [2.75, 3.05) is 6.54 Å². The van der Waals surface area contributed by atoms with Crippen LogP contribution in [0, 0.1) is 16.0 Å². The van der Waals surface area contributed by atoms with E-state index in [2.05, 4.69) is 12.2 Å². The van der Waals surface area contributed by atoms with E-state index in [4.69, 9.17) is 0 Å². The van der Waals surface area contributed by atoms with Gasteiger partial charge in [0.15, 0.2) is 0 Å². The lowest BCUT2D eigenvalue weighted by Crippen LogP contribution is -2.43. The van der Waals surface area contributed by atoms with Gasteiger partial charge in [-0.2, -0.15) is 0 Å². The third kappa shape index (κ3) is 4.02. The van der Waals surface area contributed by atoms with Gasteiger partial charge < -0.3 is 10.4 Å². The van der Waals surface area contributed by atoms with Crippen molar-refractivity contribution in [1.82, 2.24) is 5.32 Å². The van der Waals surface area contributed by atoms with Crippen LogP contribution in [0.15, 0.2) is 24.3 Å². The molecule has 2 rings (SSSR count). The molecule has 5 heteroatoms. The van der Waals surface area contributed by atoms with Gasteiger partial charge in [0.1, 0.15) is 0 Å². The zero-order valence-corrected chi connectivity index (χ0v) is 11.8. The molecular formula is C15H22N2O3. The summed E-state index contributed by atoms with van der Waals surface area (Å²) in [6.07, 6.45) is 3.79. The van der Waals surface area contributed by atoms with Crippen LogP contribution in [0.3, 0.4) is 0 Å². The lowest BCUT2D eigenvalue weighted by atomic mass is 9.79. The maximum absolute atomic E-state index is 10.7. The van der Waals surface area contributed by atoms with Gasteiger partial charge in [0, 0.05) is 25.2 Å². The second-order valence-electron chi connectivity index (χ2n) is 5.94. The lowest BCUT2D eigenvalue weighted by Gasteiger charge is -2.35. The van der Waals surface area contributed by atoms with Crippen LogP contribution >= 0.6 is 0 Å². The molecule has 0 aliphatic heterocycles. The Morgan fingerprint density at radius 2 is 2.15 bits per heavy atom. The van der Waals surface area contributed by atoms with Crippen molar-refractivity contribution in [3.63, 3.8) is 0 Å². The number of rotatable bonds is 5. The Kier molecular flexibility index (Phi) is 4.73. The first-order valence-electron chi connectivity index (χ1n) is 7.15. The van der Waals surface area contributed by atoms with E-state index in [0.29, 0.717) is 19.0 Å². The molecule has 1 aromatic carbocycles. The molecule has 0 radical (unpaired) electrons. The Morgan fingerprint density at radius 3 is 2.80 bits per heavy atom. The van der Waals surface area contributed by atoms with E-state index in [-0.39, 0.29) is 10.6 Å². The SMILES string of the molecule is CC1CCC(O)(CNCc2cccc([N+](=O)[O-])c2)CC1. The second kappa shape index (κ2) is 6.33. The molecule has 1 aliphatic carbocycles. The number of aliphatic hydroxyl groups is 1. The van der Waals surface area contributed by atoms with Crippen LogP contribution in [-0.2, 0) is 6.54 Å². The number of hydrogen-bond acceptors (Lipinski definition) is 4. The minimum absolute atomic E-state index is 0.106. The van der Waals surface area contributed by atoms with Crippen molar-refractivity contribution in [3.8, 4) is 0 Å². The number of nitrogens with zero attached hydrogens (tertiary/aromatic N) is 1. The normalized spacial score (nSPS) is 26.4. The lowest BCUT2D eigenvalue weighted by molar-refractivity contribution is -0.384. The second-order valence-corrected chi connectivity index (χ2v) is 5.94. The Balaban J connectivity index is 1.83. The maximum Gasteiger partial charge on any atom is 0.269 e. The Morgan fingerprint density at radius 1 is 1.45 bits per heavy atom. The van der Waals surface area contributed by atoms with Crippen LogP contribution in [0.5, 0.6) is 0 Å². The van der Waals surface area contributed by atoms with Crippen LogP contribution in [0.2, 0.25) is 0 Å². The quantitative estimate of drug-likeness (QED) is 0.641. The smallest absolute Gasteiger partial charge is 0.269 e. The minimum Gasteiger partial charge on any atom is -0.389 e. The van der Waals surface area contributed by atoms with E-state index in [1.165, 1.54) is 6.07 Å². The van der Waals surface area contributed by atoms with E-state index >= 15 is 0 Å². The molecular weight excluding hydrogens is 256 g/mol. The van der Waals surface area contributed by atoms with Gasteiger partial charge in [0.2, 0.25) is 0 Å². The highest BCUT2D eigenvalue weighted by Gasteiger charge is 2.31. The Bertz CT molecular complexity index is 468. The van der Waals surface area contributed by atoms with Gasteiger partial charge in [-0.05, 0) is 37.2 Å². The molecule has 0 unspecified atom stereocenters. The van der Waals surface area contributed by atoms with E-state index in [1.54, 1.807) is 12.1 Å². The number of nitro groups is 1. The average Bonchev–Trinajstić information content (AvgIpc) is 2.43. The summed E-state index contributed by atoms with van der Waals surface area (Å²) in [5.41, 5.74) is 0.356. The first kappa shape index (κ1) is 14.9. The number of nitro benzene ring substituents is 1. The van der Waals surface area contributed by atoms with Crippen molar-refractivity contribution in [2.45, 2.75) is 44.8 Å². The summed E-state index contributed by atoms with van der Waals surface area (Å²) in [5, 5.41) is 24.4. The summed E-state index contributed by atoms with van der Waals surface area (Å²) < 4.78 is 0. The van der Waals surface area contributed by atoms with Crippen molar-refractivity contribution in [2.24, 2.45) is 5.92 Å². The Hall–Kier alpha value is -1.46. The molecule has 0 spiro atoms. The minimum atomic E-state index is -0.618. The molecule has 5 nitrogen and oxygen atoms in total. The van der Waals surface area contributed by atoms with Gasteiger partial charge >= 0.3 is 0 Å². The number of nitrogens with one attached hydrogen (secondary N) is 1. The maximum atomic E-state index is 10.7. The van der Waals surface area contributed by atoms with E-state index in [9.17, 15) is 15.2 Å². The molecule has 0 atom stereocenters. The molecule has 110 valence electrons. The molecule has 1 saturated carbocycles. The summed E-state index contributed by atoms with van der Waals surface area (Å²) in [5.74, 6) is 0.701. The first-order chi connectivity index (χ1) is 9.48. The number of non-ortho nitro benzene ring substituents is 1. The highest BCUT2D eigenvalue weighted by molar-refractivity contribution is 5.34. The summed E-state index contributed by atoms with van der Waals surface area (Å²) >= 11 is 0. The molecule has 0 aromatic heterocycles. The van der Waals surface area contributed by atoms with Gasteiger partial charge in [-0.25, -0.2) is 0 Å². The summed E-state index contributed by atoms with van der Waals surface area (Å²) in [6, 6.07) is 6.60. The van der Waals surface area contributed by atoms with Gasteiger partial charge in [-0.3, -0.25) is 10.1 Å². The number of hydrogen-bond donors (Lipinski definition) is 2. The number of benzene rings is 1. The van der Waals surface area contributed by atoms with Crippen LogP contribution in [-0.4, -0.2) is 22.2 Å². The fourth-order valence-corrected chi connectivity index (χ4v) is 2.70. The zero-order chi connectivity index (χ0) is 14.6. The Labute approximate surface area is 119 Å². The largest absolute Gasteiger partial charge is 0.389 e. The van der Waals surface area contributed by atoms with E-state index < -0.39 is 5.60 Å². The monoisotopic (exact) mass is 278 g/mol. The molecule has 0 saturated heterocycles. The topological polar surface area (TPSA) is 75.4 Å². The van der Waals surface area contributed by atoms with E-state index in [0.717, 1.165) is 31.2 Å². The predicted molar refractivity (Wildman–Crippen MR) is 77.4 cm³/mol. The molecule has 1 aliphatic rings. The predicted octanol–water partition coefficient (Wildman–Crippen LogP) is 2.63. The van der Waals surface area contributed by atoms with Crippen molar-refractivity contribution < 1.29 is 10.0 Å². The van der Waals surface area contributed by atoms with Crippen LogP contribution in [0.1, 0.15) is 38.2 Å². The summed E-state index contributed by atoms with van der Waals surface area (Å²) in [7, 11) is 0. The third-order valence-electron chi connectivity index (χ3n) is 4.11. The molecule has 20 heavy (non-hydrogen) atoms. The molecule has 1 aromatic rings. The van der Waals surface area contributed by atoms with Crippen LogP contribution in [0.4, 0.5) is 5.69 Å². The van der Waals surface area contributed by atoms with Gasteiger partial charge in [-0.1, -0.05) is 19.1 Å². The van der Waals surface area contributed by atoms with Crippen molar-refractivity contribution in [3.05, 3.63) is 39.9 Å². The fourth-order valence-electron chi connectivity index (χ4n) is 2.70. The van der Waals surface area contributed by atoms with Gasteiger partial charge in [0.05, 0.1) is 10.5 Å². The van der Waals surface area contributed by atoms with Crippen LogP contribution in [0.25, 0.3) is 0 Å². The highest BCUT2D eigenvalue weighted by atomic mass is 16.6. The summed E-state index contributed by atoms with van der Waals surface area (Å²) in [6.45, 7) is 3.30. The van der Waals surface area contributed by atoms with Crippen molar-refractivity contribution in [1.29, 1.82) is 0 Å². The average molecular weight is 278 g/mol. The molecule has 0 heterocycles. The zero-order valence-electron chi connectivity index (χ0n) is 11.8. The van der Waals surface area contributed by atoms with Crippen molar-refractivity contribution >= 4 is 5.69 Å². The third-order valence-corrected chi connectivity index (χ3v) is 4.11. The molecule has 0 bridgehead atoms. The molecule has 2 N–H and O–H groups in total.